The molecule has 1 amide bonds. The molecule has 0 spiro atoms. The van der Waals surface area contributed by atoms with E-state index in [-0.39, 0.29) is 21.6 Å². The van der Waals surface area contributed by atoms with E-state index in [0.717, 1.165) is 6.07 Å². The molecule has 0 aromatic heterocycles. The van der Waals surface area contributed by atoms with Crippen LogP contribution in [-0.2, 0) is 10.0 Å². The van der Waals surface area contributed by atoms with Gasteiger partial charge in [-0.1, -0.05) is 0 Å². The van der Waals surface area contributed by atoms with Gasteiger partial charge in [0.2, 0.25) is 0 Å². The van der Waals surface area contributed by atoms with Gasteiger partial charge >= 0.3 is 5.97 Å². The summed E-state index contributed by atoms with van der Waals surface area (Å²) < 4.78 is 24.8. The maximum absolute atomic E-state index is 11.5. The van der Waals surface area contributed by atoms with Crippen molar-refractivity contribution in [3.05, 3.63) is 28.8 Å². The number of carbonyl (C=O) groups excluding carboxylic acids is 1. The molecule has 16 heavy (non-hydrogen) atoms. The van der Waals surface area contributed by atoms with Gasteiger partial charge in [0, 0.05) is 0 Å². The summed E-state index contributed by atoms with van der Waals surface area (Å²) in [4.78, 5) is 21.9. The largest absolute Gasteiger partial charge is 0.478 e. The molecule has 0 unspecified atom stereocenters. The molecule has 0 aliphatic carbocycles. The van der Waals surface area contributed by atoms with Crippen molar-refractivity contribution in [2.45, 2.75) is 11.8 Å². The van der Waals surface area contributed by atoms with E-state index in [1.165, 1.54) is 13.0 Å². The highest BCUT2D eigenvalue weighted by atomic mass is 32.2. The predicted molar refractivity (Wildman–Crippen MR) is 52.8 cm³/mol. The molecule has 1 aromatic carbocycles. The molecule has 0 bridgehead atoms. The Morgan fingerprint density at radius 2 is 2.00 bits per heavy atom. The second-order valence-corrected chi connectivity index (χ2v) is 5.03. The van der Waals surface area contributed by atoms with Crippen molar-refractivity contribution in [2.75, 3.05) is 0 Å². The van der Waals surface area contributed by atoms with Gasteiger partial charge in [-0.3, -0.25) is 4.79 Å². The standard InChI is InChI=1S/C9H7NO5S/c1-4-2-5(9(12)13)3-6-7(4)16(14,15)10-8(6)11/h2-3H,1H3,(H,10,11)(H,12,13). The molecular weight excluding hydrogens is 234 g/mol. The summed E-state index contributed by atoms with van der Waals surface area (Å²) in [5.41, 5.74) is 0.0224. The number of hydrogen-bond donors (Lipinski definition) is 2. The Kier molecular flexibility index (Phi) is 2.02. The number of sulfonamides is 1. The van der Waals surface area contributed by atoms with E-state index in [1.807, 2.05) is 0 Å². The van der Waals surface area contributed by atoms with Crippen molar-refractivity contribution < 1.29 is 23.1 Å². The van der Waals surface area contributed by atoms with Crippen LogP contribution in [0.1, 0.15) is 26.3 Å². The Bertz CT molecular complexity index is 617. The highest BCUT2D eigenvalue weighted by Crippen LogP contribution is 2.27. The van der Waals surface area contributed by atoms with E-state index in [9.17, 15) is 18.0 Å². The quantitative estimate of drug-likeness (QED) is 0.727. The first-order valence-electron chi connectivity index (χ1n) is 4.28. The number of carboxylic acid groups (broad SMARTS) is 1. The van der Waals surface area contributed by atoms with Crippen molar-refractivity contribution in [1.82, 2.24) is 4.72 Å². The first kappa shape index (κ1) is 10.6. The van der Waals surface area contributed by atoms with Crippen molar-refractivity contribution in [3.8, 4) is 0 Å². The lowest BCUT2D eigenvalue weighted by Gasteiger charge is -2.02. The number of hydrogen-bond acceptors (Lipinski definition) is 4. The minimum atomic E-state index is -3.82. The number of aromatic carboxylic acids is 1. The fourth-order valence-electron chi connectivity index (χ4n) is 1.65. The summed E-state index contributed by atoms with van der Waals surface area (Å²) in [6.45, 7) is 1.45. The molecule has 1 aromatic rings. The SMILES string of the molecule is Cc1cc(C(=O)O)cc2c1S(=O)(=O)NC2=O. The van der Waals surface area contributed by atoms with Crippen molar-refractivity contribution in [3.63, 3.8) is 0 Å². The number of rotatable bonds is 1. The molecule has 1 aliphatic rings. The summed E-state index contributed by atoms with van der Waals surface area (Å²) in [7, 11) is -3.82. The third kappa shape index (κ3) is 1.36. The van der Waals surface area contributed by atoms with Gasteiger partial charge < -0.3 is 5.11 Å². The van der Waals surface area contributed by atoms with Crippen molar-refractivity contribution in [2.24, 2.45) is 0 Å². The minimum absolute atomic E-state index is 0.108. The second kappa shape index (κ2) is 3.05. The first-order chi connectivity index (χ1) is 7.33. The third-order valence-electron chi connectivity index (χ3n) is 2.26. The Morgan fingerprint density at radius 3 is 2.56 bits per heavy atom. The van der Waals surface area contributed by atoms with Crippen LogP contribution in [0.25, 0.3) is 0 Å². The van der Waals surface area contributed by atoms with Gasteiger partial charge in [-0.25, -0.2) is 17.9 Å². The topological polar surface area (TPSA) is 101 Å². The molecule has 0 saturated carbocycles. The number of amides is 1. The number of aryl methyl sites for hydroxylation is 1. The molecule has 1 heterocycles. The summed E-state index contributed by atoms with van der Waals surface area (Å²) >= 11 is 0. The molecule has 84 valence electrons. The van der Waals surface area contributed by atoms with Gasteiger partial charge in [-0.05, 0) is 24.6 Å². The van der Waals surface area contributed by atoms with Crippen molar-refractivity contribution in [1.29, 1.82) is 0 Å². The lowest BCUT2D eigenvalue weighted by molar-refractivity contribution is 0.0696. The fraction of sp³-hybridized carbons (Fsp3) is 0.111. The fourth-order valence-corrected chi connectivity index (χ4v) is 3.03. The molecule has 0 radical (unpaired) electrons. The molecule has 2 N–H and O–H groups in total. The van der Waals surface area contributed by atoms with E-state index < -0.39 is 21.9 Å². The zero-order valence-electron chi connectivity index (χ0n) is 8.14. The summed E-state index contributed by atoms with van der Waals surface area (Å²) in [6.07, 6.45) is 0. The Balaban J connectivity index is 2.82. The number of carbonyl (C=O) groups is 2. The number of carboxylic acids is 1. The third-order valence-corrected chi connectivity index (χ3v) is 3.80. The second-order valence-electron chi connectivity index (χ2n) is 3.41. The Labute approximate surface area is 90.9 Å². The van der Waals surface area contributed by atoms with E-state index >= 15 is 0 Å². The lowest BCUT2D eigenvalue weighted by atomic mass is 10.1. The van der Waals surface area contributed by atoms with Crippen LogP contribution in [0.3, 0.4) is 0 Å². The van der Waals surface area contributed by atoms with Crippen LogP contribution in [-0.4, -0.2) is 25.4 Å². The maximum Gasteiger partial charge on any atom is 0.335 e. The van der Waals surface area contributed by atoms with Gasteiger partial charge in [0.15, 0.2) is 0 Å². The van der Waals surface area contributed by atoms with Crippen LogP contribution in [0, 0.1) is 6.92 Å². The number of fused-ring (bicyclic) bond motifs is 1. The average molecular weight is 241 g/mol. The molecule has 7 heteroatoms. The molecule has 0 saturated heterocycles. The normalized spacial score (nSPS) is 16.7. The summed E-state index contributed by atoms with van der Waals surface area (Å²) in [6, 6.07) is 2.28. The molecule has 0 atom stereocenters. The highest BCUT2D eigenvalue weighted by molar-refractivity contribution is 7.90. The van der Waals surface area contributed by atoms with Crippen LogP contribution in [0.2, 0.25) is 0 Å². The van der Waals surface area contributed by atoms with E-state index in [0.29, 0.717) is 0 Å². The zero-order valence-corrected chi connectivity index (χ0v) is 8.96. The monoisotopic (exact) mass is 241 g/mol. The van der Waals surface area contributed by atoms with Gasteiger partial charge in [0.1, 0.15) is 4.90 Å². The Hall–Kier alpha value is -1.89. The van der Waals surface area contributed by atoms with Gasteiger partial charge in [-0.15, -0.1) is 0 Å². The van der Waals surface area contributed by atoms with E-state index in [2.05, 4.69) is 0 Å². The lowest BCUT2D eigenvalue weighted by Crippen LogP contribution is -2.20. The van der Waals surface area contributed by atoms with Crippen LogP contribution >= 0.6 is 0 Å². The minimum Gasteiger partial charge on any atom is -0.478 e. The first-order valence-corrected chi connectivity index (χ1v) is 5.76. The zero-order chi connectivity index (χ0) is 12.1. The van der Waals surface area contributed by atoms with Crippen LogP contribution in [0.15, 0.2) is 17.0 Å². The maximum atomic E-state index is 11.5. The smallest absolute Gasteiger partial charge is 0.335 e. The molecule has 6 nitrogen and oxygen atoms in total. The van der Waals surface area contributed by atoms with Gasteiger partial charge in [0.25, 0.3) is 15.9 Å². The molecule has 0 fully saturated rings. The highest BCUT2D eigenvalue weighted by Gasteiger charge is 2.34. The summed E-state index contributed by atoms with van der Waals surface area (Å²) in [5, 5.41) is 8.78. The molecule has 2 rings (SSSR count). The summed E-state index contributed by atoms with van der Waals surface area (Å²) in [5.74, 6) is -2.00. The van der Waals surface area contributed by atoms with Crippen LogP contribution < -0.4 is 4.72 Å². The Morgan fingerprint density at radius 1 is 1.38 bits per heavy atom. The average Bonchev–Trinajstić information content (AvgIpc) is 2.37. The van der Waals surface area contributed by atoms with Crippen LogP contribution in [0.5, 0.6) is 0 Å². The van der Waals surface area contributed by atoms with Crippen molar-refractivity contribution >= 4 is 21.9 Å². The van der Waals surface area contributed by atoms with Gasteiger partial charge in [-0.2, -0.15) is 0 Å². The van der Waals surface area contributed by atoms with Gasteiger partial charge in [0.05, 0.1) is 11.1 Å². The van der Waals surface area contributed by atoms with E-state index in [4.69, 9.17) is 5.11 Å². The predicted octanol–water partition coefficient (Wildman–Crippen LogP) is 0.125. The van der Waals surface area contributed by atoms with E-state index in [1.54, 1.807) is 4.72 Å². The number of nitrogens with one attached hydrogen (secondary N) is 1. The number of benzene rings is 1. The van der Waals surface area contributed by atoms with Crippen LogP contribution in [0.4, 0.5) is 0 Å². The molecule has 1 aliphatic heterocycles. The molecular formula is C9H7NO5S.